The van der Waals surface area contributed by atoms with Crippen molar-refractivity contribution in [3.8, 4) is 11.3 Å². The molecule has 0 saturated carbocycles. The highest BCUT2D eigenvalue weighted by Crippen LogP contribution is 2.22. The van der Waals surface area contributed by atoms with Crippen LogP contribution in [0.2, 0.25) is 0 Å². The van der Waals surface area contributed by atoms with Crippen LogP contribution in [-0.2, 0) is 0 Å². The van der Waals surface area contributed by atoms with Crippen LogP contribution in [0.1, 0.15) is 33.6 Å². The fourth-order valence-corrected chi connectivity index (χ4v) is 2.26. The van der Waals surface area contributed by atoms with E-state index in [-0.39, 0.29) is 0 Å². The first kappa shape index (κ1) is 17.3. The molecule has 0 fully saturated rings. The van der Waals surface area contributed by atoms with E-state index in [0.29, 0.717) is 5.92 Å². The number of aromatic nitrogens is 2. The summed E-state index contributed by atoms with van der Waals surface area (Å²) in [5, 5.41) is 3.43. The molecular formula is C19H28N4. The molecule has 1 aromatic heterocycles. The topological polar surface area (TPSA) is 41.1 Å². The van der Waals surface area contributed by atoms with Crippen molar-refractivity contribution in [2.24, 2.45) is 5.92 Å². The third kappa shape index (κ3) is 5.23. The lowest BCUT2D eigenvalue weighted by Crippen LogP contribution is -2.22. The average Bonchev–Trinajstić information content (AvgIpc) is 2.58. The standard InChI is InChI=1S/C19H28N4/c1-5-6-12-23(4)19-21-17(16-10-8-7-9-11-16)13-18(22-19)20-14-15(2)3/h7-11,13,15H,5-6,12,14H2,1-4H3,(H,20,21,22). The summed E-state index contributed by atoms with van der Waals surface area (Å²) >= 11 is 0. The van der Waals surface area contributed by atoms with E-state index in [1.807, 2.05) is 24.3 Å². The van der Waals surface area contributed by atoms with Gasteiger partial charge in [0.1, 0.15) is 5.82 Å². The lowest BCUT2D eigenvalue weighted by atomic mass is 10.1. The molecule has 0 aliphatic carbocycles. The van der Waals surface area contributed by atoms with Gasteiger partial charge in [0.05, 0.1) is 5.69 Å². The number of benzene rings is 1. The van der Waals surface area contributed by atoms with Crippen molar-refractivity contribution in [3.63, 3.8) is 0 Å². The summed E-state index contributed by atoms with van der Waals surface area (Å²) < 4.78 is 0. The maximum Gasteiger partial charge on any atom is 0.227 e. The smallest absolute Gasteiger partial charge is 0.227 e. The molecule has 2 rings (SSSR count). The number of nitrogens with zero attached hydrogens (tertiary/aromatic N) is 3. The Hall–Kier alpha value is -2.10. The molecule has 2 aromatic rings. The van der Waals surface area contributed by atoms with E-state index in [2.05, 4.69) is 55.2 Å². The summed E-state index contributed by atoms with van der Waals surface area (Å²) in [6, 6.07) is 12.3. The van der Waals surface area contributed by atoms with Gasteiger partial charge in [0.15, 0.2) is 0 Å². The Labute approximate surface area is 140 Å². The second-order valence-corrected chi connectivity index (χ2v) is 6.35. The SMILES string of the molecule is CCCCN(C)c1nc(NCC(C)C)cc(-c2ccccc2)n1. The van der Waals surface area contributed by atoms with E-state index in [4.69, 9.17) is 4.98 Å². The maximum atomic E-state index is 4.76. The van der Waals surface area contributed by atoms with Gasteiger partial charge < -0.3 is 10.2 Å². The summed E-state index contributed by atoms with van der Waals surface area (Å²) in [6.45, 7) is 8.47. The second-order valence-electron chi connectivity index (χ2n) is 6.35. The number of hydrogen-bond donors (Lipinski definition) is 1. The van der Waals surface area contributed by atoms with Crippen LogP contribution in [0, 0.1) is 5.92 Å². The normalized spacial score (nSPS) is 10.8. The van der Waals surface area contributed by atoms with Crippen LogP contribution in [0.15, 0.2) is 36.4 Å². The van der Waals surface area contributed by atoms with Crippen LogP contribution in [0.25, 0.3) is 11.3 Å². The maximum absolute atomic E-state index is 4.76. The van der Waals surface area contributed by atoms with Crippen LogP contribution in [0.5, 0.6) is 0 Å². The summed E-state index contributed by atoms with van der Waals surface area (Å²) in [5.74, 6) is 2.25. The van der Waals surface area contributed by atoms with Gasteiger partial charge in [-0.15, -0.1) is 0 Å². The van der Waals surface area contributed by atoms with Gasteiger partial charge in [-0.2, -0.15) is 4.98 Å². The van der Waals surface area contributed by atoms with Crippen molar-refractivity contribution < 1.29 is 0 Å². The lowest BCUT2D eigenvalue weighted by molar-refractivity contribution is 0.686. The third-order valence-corrected chi connectivity index (χ3v) is 3.66. The zero-order chi connectivity index (χ0) is 16.7. The molecule has 1 N–H and O–H groups in total. The molecule has 1 aromatic carbocycles. The van der Waals surface area contributed by atoms with Gasteiger partial charge in [-0.25, -0.2) is 4.98 Å². The molecule has 0 bridgehead atoms. The Balaban J connectivity index is 2.31. The summed E-state index contributed by atoms with van der Waals surface area (Å²) in [6.07, 6.45) is 2.31. The third-order valence-electron chi connectivity index (χ3n) is 3.66. The quantitative estimate of drug-likeness (QED) is 0.782. The molecule has 0 saturated heterocycles. The highest BCUT2D eigenvalue weighted by Gasteiger charge is 2.10. The van der Waals surface area contributed by atoms with E-state index >= 15 is 0 Å². The van der Waals surface area contributed by atoms with Gasteiger partial charge >= 0.3 is 0 Å². The molecular weight excluding hydrogens is 284 g/mol. The molecule has 23 heavy (non-hydrogen) atoms. The second kappa shape index (κ2) is 8.51. The fraction of sp³-hybridized carbons (Fsp3) is 0.474. The molecule has 0 aliphatic heterocycles. The Morgan fingerprint density at radius 3 is 2.52 bits per heavy atom. The van der Waals surface area contributed by atoms with Gasteiger partial charge in [-0.05, 0) is 12.3 Å². The van der Waals surface area contributed by atoms with Crippen molar-refractivity contribution >= 4 is 11.8 Å². The Kier molecular flexibility index (Phi) is 6.39. The molecule has 124 valence electrons. The lowest BCUT2D eigenvalue weighted by Gasteiger charge is -2.19. The van der Waals surface area contributed by atoms with Gasteiger partial charge in [0, 0.05) is 31.8 Å². The van der Waals surface area contributed by atoms with Crippen LogP contribution >= 0.6 is 0 Å². The van der Waals surface area contributed by atoms with Crippen LogP contribution in [-0.4, -0.2) is 30.1 Å². The number of anilines is 2. The highest BCUT2D eigenvalue weighted by atomic mass is 15.2. The zero-order valence-electron chi connectivity index (χ0n) is 14.7. The molecule has 0 aliphatic rings. The van der Waals surface area contributed by atoms with Gasteiger partial charge in [0.25, 0.3) is 0 Å². The molecule has 4 nitrogen and oxygen atoms in total. The largest absolute Gasteiger partial charge is 0.370 e. The molecule has 0 unspecified atom stereocenters. The number of rotatable bonds is 8. The van der Waals surface area contributed by atoms with E-state index < -0.39 is 0 Å². The van der Waals surface area contributed by atoms with E-state index in [9.17, 15) is 0 Å². The highest BCUT2D eigenvalue weighted by molar-refractivity contribution is 5.64. The summed E-state index contributed by atoms with van der Waals surface area (Å²) in [5.41, 5.74) is 2.08. The monoisotopic (exact) mass is 312 g/mol. The van der Waals surface area contributed by atoms with E-state index in [1.165, 1.54) is 6.42 Å². The Morgan fingerprint density at radius 1 is 1.13 bits per heavy atom. The van der Waals surface area contributed by atoms with Crippen molar-refractivity contribution in [3.05, 3.63) is 36.4 Å². The van der Waals surface area contributed by atoms with Crippen molar-refractivity contribution in [2.75, 3.05) is 30.4 Å². The molecule has 0 amide bonds. The average molecular weight is 312 g/mol. The van der Waals surface area contributed by atoms with Gasteiger partial charge in [-0.3, -0.25) is 0 Å². The predicted octanol–water partition coefficient (Wildman–Crippen LogP) is 4.45. The fourth-order valence-electron chi connectivity index (χ4n) is 2.26. The number of unbranched alkanes of at least 4 members (excludes halogenated alkanes) is 1. The zero-order valence-corrected chi connectivity index (χ0v) is 14.7. The Bertz CT molecular complexity index is 596. The van der Waals surface area contributed by atoms with E-state index in [0.717, 1.165) is 42.5 Å². The minimum atomic E-state index is 0.575. The first-order valence-corrected chi connectivity index (χ1v) is 8.49. The van der Waals surface area contributed by atoms with Gasteiger partial charge in [-0.1, -0.05) is 57.5 Å². The first-order chi connectivity index (χ1) is 11.1. The number of hydrogen-bond acceptors (Lipinski definition) is 4. The van der Waals surface area contributed by atoms with E-state index in [1.54, 1.807) is 0 Å². The van der Waals surface area contributed by atoms with Crippen molar-refractivity contribution in [2.45, 2.75) is 33.6 Å². The number of nitrogens with one attached hydrogen (secondary N) is 1. The molecule has 0 atom stereocenters. The summed E-state index contributed by atoms with van der Waals surface area (Å²) in [7, 11) is 2.06. The van der Waals surface area contributed by atoms with Crippen molar-refractivity contribution in [1.29, 1.82) is 0 Å². The predicted molar refractivity (Wildman–Crippen MR) is 99.0 cm³/mol. The van der Waals surface area contributed by atoms with Crippen molar-refractivity contribution in [1.82, 2.24) is 9.97 Å². The van der Waals surface area contributed by atoms with Crippen LogP contribution in [0.3, 0.4) is 0 Å². The summed E-state index contributed by atoms with van der Waals surface area (Å²) in [4.78, 5) is 11.6. The van der Waals surface area contributed by atoms with Crippen LogP contribution in [0.4, 0.5) is 11.8 Å². The molecule has 1 heterocycles. The minimum absolute atomic E-state index is 0.575. The van der Waals surface area contributed by atoms with Crippen LogP contribution < -0.4 is 10.2 Å². The molecule has 0 spiro atoms. The molecule has 4 heteroatoms. The molecule has 0 radical (unpaired) electrons. The van der Waals surface area contributed by atoms with Gasteiger partial charge in [0.2, 0.25) is 5.95 Å². The minimum Gasteiger partial charge on any atom is -0.370 e. The Morgan fingerprint density at radius 2 is 1.87 bits per heavy atom. The first-order valence-electron chi connectivity index (χ1n) is 8.49.